The highest BCUT2D eigenvalue weighted by Gasteiger charge is 2.31. The minimum absolute atomic E-state index is 0.498. The Labute approximate surface area is 190 Å². The van der Waals surface area contributed by atoms with Crippen LogP contribution < -0.4 is 20.9 Å². The molecule has 170 valence electrons. The molecule has 3 heterocycles. The van der Waals surface area contributed by atoms with Crippen LogP contribution in [0.15, 0.2) is 30.3 Å². The summed E-state index contributed by atoms with van der Waals surface area (Å²) >= 11 is 0. The van der Waals surface area contributed by atoms with Crippen molar-refractivity contribution < 1.29 is 4.39 Å². The molecule has 1 aromatic carbocycles. The van der Waals surface area contributed by atoms with E-state index < -0.39 is 5.67 Å². The minimum atomic E-state index is -1.12. The summed E-state index contributed by atoms with van der Waals surface area (Å²) < 4.78 is 14.5. The topological polar surface area (TPSA) is 76.0 Å². The molecular formula is C25H33FN6. The van der Waals surface area contributed by atoms with Crippen molar-refractivity contribution in [2.75, 3.05) is 50.0 Å². The fourth-order valence-electron chi connectivity index (χ4n) is 4.50. The lowest BCUT2D eigenvalue weighted by Crippen LogP contribution is -2.40. The summed E-state index contributed by atoms with van der Waals surface area (Å²) in [6.07, 6.45) is 2.17. The lowest BCUT2D eigenvalue weighted by atomic mass is 9.94. The molecule has 32 heavy (non-hydrogen) atoms. The predicted molar refractivity (Wildman–Crippen MR) is 128 cm³/mol. The maximum absolute atomic E-state index is 14.5. The second kappa shape index (κ2) is 9.85. The Bertz CT molecular complexity index is 950. The van der Waals surface area contributed by atoms with Crippen LogP contribution in [0.4, 0.5) is 15.9 Å². The normalized spacial score (nSPS) is 20.2. The molecule has 2 aliphatic rings. The first kappa shape index (κ1) is 22.5. The molecular weight excluding hydrogens is 403 g/mol. The van der Waals surface area contributed by atoms with Crippen molar-refractivity contribution in [1.82, 2.24) is 15.6 Å². The number of rotatable bonds is 7. The fraction of sp³-hybridized carbons (Fsp3) is 0.520. The third-order valence-corrected chi connectivity index (χ3v) is 6.60. The Morgan fingerprint density at radius 1 is 1.28 bits per heavy atom. The molecule has 2 aliphatic heterocycles. The van der Waals surface area contributed by atoms with Crippen LogP contribution in [0, 0.1) is 17.2 Å². The highest BCUT2D eigenvalue weighted by molar-refractivity contribution is 5.80. The average Bonchev–Trinajstić information content (AvgIpc) is 3.32. The third-order valence-electron chi connectivity index (χ3n) is 6.60. The average molecular weight is 437 g/mol. The number of hydrogen-bond donors (Lipinski definition) is 3. The number of benzene rings is 1. The zero-order valence-corrected chi connectivity index (χ0v) is 19.0. The molecule has 0 radical (unpaired) electrons. The van der Waals surface area contributed by atoms with Gasteiger partial charge in [0.05, 0.1) is 23.0 Å². The van der Waals surface area contributed by atoms with Gasteiger partial charge in [0, 0.05) is 31.7 Å². The van der Waals surface area contributed by atoms with Crippen LogP contribution in [0.1, 0.15) is 37.4 Å². The van der Waals surface area contributed by atoms with Crippen molar-refractivity contribution in [3.8, 4) is 17.2 Å². The number of aromatic nitrogens is 1. The second-order valence-electron chi connectivity index (χ2n) is 9.21. The first-order valence-electron chi connectivity index (χ1n) is 11.6. The number of halogens is 1. The maximum Gasteiger partial charge on any atom is 0.136 e. The predicted octanol–water partition coefficient (Wildman–Crippen LogP) is 3.69. The quantitative estimate of drug-likeness (QED) is 0.615. The monoisotopic (exact) mass is 436 g/mol. The van der Waals surface area contributed by atoms with Crippen molar-refractivity contribution in [2.45, 2.75) is 38.4 Å². The molecule has 0 bridgehead atoms. The van der Waals surface area contributed by atoms with E-state index in [9.17, 15) is 9.65 Å². The summed E-state index contributed by atoms with van der Waals surface area (Å²) in [5.74, 6) is 1.50. The van der Waals surface area contributed by atoms with Crippen molar-refractivity contribution in [3.63, 3.8) is 0 Å². The molecule has 1 atom stereocenters. The van der Waals surface area contributed by atoms with E-state index in [-0.39, 0.29) is 0 Å². The Kier molecular flexibility index (Phi) is 6.92. The van der Waals surface area contributed by atoms with Crippen LogP contribution in [0.5, 0.6) is 0 Å². The molecule has 2 aromatic rings. The van der Waals surface area contributed by atoms with Crippen LogP contribution in [0.25, 0.3) is 11.1 Å². The summed E-state index contributed by atoms with van der Waals surface area (Å²) in [4.78, 5) is 7.30. The third kappa shape index (κ3) is 5.20. The van der Waals surface area contributed by atoms with E-state index in [0.717, 1.165) is 48.0 Å². The van der Waals surface area contributed by atoms with Gasteiger partial charge in [-0.2, -0.15) is 5.26 Å². The summed E-state index contributed by atoms with van der Waals surface area (Å²) in [5.41, 5.74) is 3.55. The number of nitrogens with one attached hydrogen (secondary N) is 3. The summed E-state index contributed by atoms with van der Waals surface area (Å²) in [5, 5.41) is 19.5. The van der Waals surface area contributed by atoms with Gasteiger partial charge < -0.3 is 20.9 Å². The number of anilines is 2. The van der Waals surface area contributed by atoms with E-state index in [0.29, 0.717) is 44.0 Å². The van der Waals surface area contributed by atoms with Crippen LogP contribution in [-0.4, -0.2) is 50.4 Å². The number of alkyl halides is 1. The summed E-state index contributed by atoms with van der Waals surface area (Å²) in [6.45, 7) is 6.65. The molecule has 0 spiro atoms. The van der Waals surface area contributed by atoms with E-state index in [1.807, 2.05) is 31.3 Å². The van der Waals surface area contributed by atoms with Gasteiger partial charge in [0.1, 0.15) is 11.5 Å². The second-order valence-corrected chi connectivity index (χ2v) is 9.21. The van der Waals surface area contributed by atoms with Gasteiger partial charge in [-0.15, -0.1) is 0 Å². The van der Waals surface area contributed by atoms with Gasteiger partial charge in [0.25, 0.3) is 0 Å². The fourth-order valence-corrected chi connectivity index (χ4v) is 4.50. The van der Waals surface area contributed by atoms with Gasteiger partial charge in [-0.1, -0.05) is 12.1 Å². The van der Waals surface area contributed by atoms with Crippen molar-refractivity contribution in [3.05, 3.63) is 41.6 Å². The molecule has 0 amide bonds. The van der Waals surface area contributed by atoms with Gasteiger partial charge in [-0.25, -0.2) is 9.37 Å². The lowest BCUT2D eigenvalue weighted by molar-refractivity contribution is 0.149. The lowest BCUT2D eigenvalue weighted by Gasteiger charge is -2.36. The molecule has 2 saturated heterocycles. The largest absolute Gasteiger partial charge is 0.383 e. The van der Waals surface area contributed by atoms with Crippen LogP contribution in [0.2, 0.25) is 0 Å². The number of nitriles is 1. The van der Waals surface area contributed by atoms with E-state index in [2.05, 4.69) is 33.0 Å². The molecule has 2 fully saturated rings. The zero-order chi connectivity index (χ0) is 22.6. The minimum Gasteiger partial charge on any atom is -0.383 e. The number of pyridine rings is 1. The standard InChI is InChI=1S/C25H33FN6/c1-25(26)8-11-32(12-9-25)24-21(20-5-3-18(14-27)4-6-20)13-22(23(31-24)17-28-2)30-16-19-7-10-29-15-19/h3-6,13,19,28-30H,7-12,15-17H2,1-2H3/t19-/m0/s1. The first-order chi connectivity index (χ1) is 15.5. The van der Waals surface area contributed by atoms with Crippen LogP contribution in [0.3, 0.4) is 0 Å². The first-order valence-corrected chi connectivity index (χ1v) is 11.6. The molecule has 4 rings (SSSR count). The molecule has 0 saturated carbocycles. The van der Waals surface area contributed by atoms with Crippen LogP contribution >= 0.6 is 0 Å². The highest BCUT2D eigenvalue weighted by Crippen LogP contribution is 2.37. The Morgan fingerprint density at radius 2 is 2.03 bits per heavy atom. The van der Waals surface area contributed by atoms with Crippen molar-refractivity contribution >= 4 is 11.5 Å². The highest BCUT2D eigenvalue weighted by atomic mass is 19.1. The SMILES string of the molecule is CNCc1nc(N2CCC(C)(F)CC2)c(-c2ccc(C#N)cc2)cc1NC[C@H]1CCNC1. The van der Waals surface area contributed by atoms with Crippen molar-refractivity contribution in [2.24, 2.45) is 5.92 Å². The van der Waals surface area contributed by atoms with Gasteiger partial charge in [0.15, 0.2) is 0 Å². The van der Waals surface area contributed by atoms with Gasteiger partial charge in [-0.3, -0.25) is 0 Å². The Balaban J connectivity index is 1.71. The molecule has 6 nitrogen and oxygen atoms in total. The smallest absolute Gasteiger partial charge is 0.136 e. The Hall–Kier alpha value is -2.69. The number of nitrogens with zero attached hydrogens (tertiary/aromatic N) is 3. The summed E-state index contributed by atoms with van der Waals surface area (Å²) in [7, 11) is 1.93. The number of piperidine rings is 1. The zero-order valence-electron chi connectivity index (χ0n) is 19.0. The van der Waals surface area contributed by atoms with E-state index in [4.69, 9.17) is 4.98 Å². The van der Waals surface area contributed by atoms with Gasteiger partial charge in [0.2, 0.25) is 0 Å². The van der Waals surface area contributed by atoms with E-state index >= 15 is 0 Å². The molecule has 1 aromatic heterocycles. The number of hydrogen-bond acceptors (Lipinski definition) is 6. The maximum atomic E-state index is 14.5. The van der Waals surface area contributed by atoms with Crippen LogP contribution in [-0.2, 0) is 6.54 Å². The molecule has 0 aliphatic carbocycles. The molecule has 0 unspecified atom stereocenters. The molecule has 3 N–H and O–H groups in total. The summed E-state index contributed by atoms with van der Waals surface area (Å²) in [6, 6.07) is 12.0. The van der Waals surface area contributed by atoms with Gasteiger partial charge >= 0.3 is 0 Å². The van der Waals surface area contributed by atoms with Gasteiger partial charge in [-0.05, 0) is 76.0 Å². The van der Waals surface area contributed by atoms with E-state index in [1.165, 1.54) is 6.42 Å². The van der Waals surface area contributed by atoms with E-state index in [1.54, 1.807) is 6.92 Å². The molecule has 7 heteroatoms. The van der Waals surface area contributed by atoms with Crippen molar-refractivity contribution in [1.29, 1.82) is 5.26 Å². The Morgan fingerprint density at radius 3 is 2.66 bits per heavy atom.